The fourth-order valence-electron chi connectivity index (χ4n) is 2.13. The van der Waals surface area contributed by atoms with Crippen molar-refractivity contribution in [3.63, 3.8) is 0 Å². The van der Waals surface area contributed by atoms with Crippen LogP contribution in [0.1, 0.15) is 33.3 Å². The molecule has 0 aliphatic heterocycles. The molecule has 150 valence electrons. The summed E-state index contributed by atoms with van der Waals surface area (Å²) in [5, 5.41) is 9.63. The molecular formula is C16H22BrF4NO3S. The van der Waals surface area contributed by atoms with E-state index in [0.29, 0.717) is 4.47 Å². The molecule has 0 saturated carbocycles. The van der Waals surface area contributed by atoms with E-state index in [2.05, 4.69) is 20.7 Å². The predicted octanol–water partition coefficient (Wildman–Crippen LogP) is 3.80. The van der Waals surface area contributed by atoms with Gasteiger partial charge in [0.15, 0.2) is 0 Å². The van der Waals surface area contributed by atoms with Crippen LogP contribution in [0.3, 0.4) is 0 Å². The molecule has 0 radical (unpaired) electrons. The molecule has 1 rings (SSSR count). The molecule has 0 bridgehead atoms. The monoisotopic (exact) mass is 463 g/mol. The van der Waals surface area contributed by atoms with E-state index < -0.39 is 52.6 Å². The van der Waals surface area contributed by atoms with Crippen molar-refractivity contribution in [2.75, 3.05) is 13.2 Å². The van der Waals surface area contributed by atoms with Gasteiger partial charge in [-0.3, -0.25) is 0 Å². The molecule has 3 atom stereocenters. The van der Waals surface area contributed by atoms with E-state index in [-0.39, 0.29) is 5.56 Å². The summed E-state index contributed by atoms with van der Waals surface area (Å²) in [6.07, 6.45) is -6.13. The number of aliphatic hydroxyl groups is 1. The molecule has 0 heterocycles. The molecule has 10 heteroatoms. The lowest BCUT2D eigenvalue weighted by molar-refractivity contribution is -0.196. The van der Waals surface area contributed by atoms with Crippen molar-refractivity contribution in [3.05, 3.63) is 34.1 Å². The standard InChI is InChI=1S/C16H22BrF4NO3S/c1-14(2,3)26(24)22-15(4,11-7-10(17)5-6-12(11)18)13(8-23)25-9-16(19,20)21/h5-7,13,22-23H,8-9H2,1-4H3/t13?,15-,26-/m1/s1. The fraction of sp³-hybridized carbons (Fsp3) is 0.625. The van der Waals surface area contributed by atoms with Gasteiger partial charge in [0.25, 0.3) is 0 Å². The molecule has 0 amide bonds. The van der Waals surface area contributed by atoms with Crippen LogP contribution in [-0.4, -0.2) is 39.6 Å². The molecule has 1 aromatic rings. The van der Waals surface area contributed by atoms with Crippen LogP contribution >= 0.6 is 15.9 Å². The molecule has 26 heavy (non-hydrogen) atoms. The molecule has 0 spiro atoms. The lowest BCUT2D eigenvalue weighted by Crippen LogP contribution is -2.56. The molecule has 0 aliphatic rings. The first-order valence-electron chi connectivity index (χ1n) is 7.65. The molecule has 4 nitrogen and oxygen atoms in total. The van der Waals surface area contributed by atoms with Crippen LogP contribution < -0.4 is 4.72 Å². The van der Waals surface area contributed by atoms with Crippen molar-refractivity contribution >= 4 is 26.9 Å². The van der Waals surface area contributed by atoms with E-state index in [1.54, 1.807) is 20.8 Å². The van der Waals surface area contributed by atoms with Gasteiger partial charge in [-0.05, 0) is 45.9 Å². The SMILES string of the molecule is CC(C)(C)[S@@](=O)N[C@](C)(c1cc(Br)ccc1F)C(CO)OCC(F)(F)F. The number of rotatable bonds is 7. The number of hydrogen-bond acceptors (Lipinski definition) is 3. The topological polar surface area (TPSA) is 58.6 Å². The van der Waals surface area contributed by atoms with Crippen molar-refractivity contribution in [2.45, 2.75) is 50.3 Å². The zero-order valence-corrected chi connectivity index (χ0v) is 17.2. The Morgan fingerprint density at radius 2 is 1.85 bits per heavy atom. The summed E-state index contributed by atoms with van der Waals surface area (Å²) >= 11 is 3.18. The highest BCUT2D eigenvalue weighted by atomic mass is 79.9. The van der Waals surface area contributed by atoms with E-state index in [4.69, 9.17) is 4.74 Å². The van der Waals surface area contributed by atoms with Gasteiger partial charge in [0.2, 0.25) is 0 Å². The van der Waals surface area contributed by atoms with Crippen LogP contribution in [0.2, 0.25) is 0 Å². The third-order valence-electron chi connectivity index (χ3n) is 3.61. The van der Waals surface area contributed by atoms with E-state index in [0.717, 1.165) is 6.07 Å². The van der Waals surface area contributed by atoms with E-state index in [1.165, 1.54) is 19.1 Å². The lowest BCUT2D eigenvalue weighted by Gasteiger charge is -2.39. The van der Waals surface area contributed by atoms with Gasteiger partial charge in [-0.25, -0.2) is 13.3 Å². The van der Waals surface area contributed by atoms with Gasteiger partial charge in [0.1, 0.15) is 18.5 Å². The second-order valence-electron chi connectivity index (χ2n) is 6.91. The summed E-state index contributed by atoms with van der Waals surface area (Å²) in [4.78, 5) is 0. The number of ether oxygens (including phenoxy) is 1. The Bertz CT molecular complexity index is 651. The Kier molecular flexibility index (Phi) is 7.80. The Labute approximate surface area is 161 Å². The van der Waals surface area contributed by atoms with Crippen molar-refractivity contribution in [2.24, 2.45) is 0 Å². The number of benzene rings is 1. The van der Waals surface area contributed by atoms with Gasteiger partial charge < -0.3 is 9.84 Å². The minimum absolute atomic E-state index is 0.0781. The number of alkyl halides is 3. The summed E-state index contributed by atoms with van der Waals surface area (Å²) in [7, 11) is -1.77. The first-order chi connectivity index (χ1) is 11.7. The minimum atomic E-state index is -4.63. The number of nitrogens with one attached hydrogen (secondary N) is 1. The van der Waals surface area contributed by atoms with E-state index in [9.17, 15) is 26.9 Å². The van der Waals surface area contributed by atoms with Crippen molar-refractivity contribution in [1.29, 1.82) is 0 Å². The van der Waals surface area contributed by atoms with Gasteiger partial charge in [0.05, 0.1) is 27.9 Å². The summed E-state index contributed by atoms with van der Waals surface area (Å²) in [6, 6.07) is 3.89. The third kappa shape index (κ3) is 6.26. The Hall–Kier alpha value is -0.550. The van der Waals surface area contributed by atoms with Crippen molar-refractivity contribution < 1.29 is 31.6 Å². The van der Waals surface area contributed by atoms with E-state index in [1.807, 2.05) is 0 Å². The van der Waals surface area contributed by atoms with Crippen LogP contribution in [0.4, 0.5) is 17.6 Å². The van der Waals surface area contributed by atoms with Crippen LogP contribution in [-0.2, 0) is 21.3 Å². The Morgan fingerprint density at radius 3 is 2.31 bits per heavy atom. The second-order valence-corrected chi connectivity index (χ2v) is 9.79. The molecule has 1 aromatic carbocycles. The summed E-state index contributed by atoms with van der Waals surface area (Å²) in [6.45, 7) is 3.83. The number of halogens is 5. The molecular weight excluding hydrogens is 442 g/mol. The highest BCUT2D eigenvalue weighted by molar-refractivity contribution is 9.10. The van der Waals surface area contributed by atoms with Crippen LogP contribution in [0, 0.1) is 5.82 Å². The van der Waals surface area contributed by atoms with E-state index >= 15 is 0 Å². The maximum Gasteiger partial charge on any atom is 0.411 e. The minimum Gasteiger partial charge on any atom is -0.394 e. The summed E-state index contributed by atoms with van der Waals surface area (Å²) in [5.41, 5.74) is -1.77. The average Bonchev–Trinajstić information content (AvgIpc) is 2.48. The average molecular weight is 464 g/mol. The molecule has 0 fully saturated rings. The summed E-state index contributed by atoms with van der Waals surface area (Å²) < 4.78 is 71.9. The first kappa shape index (κ1) is 23.5. The molecule has 0 aliphatic carbocycles. The lowest BCUT2D eigenvalue weighted by atomic mass is 9.87. The highest BCUT2D eigenvalue weighted by Gasteiger charge is 2.43. The Balaban J connectivity index is 3.40. The normalized spacial score (nSPS) is 17.6. The first-order valence-corrected chi connectivity index (χ1v) is 9.59. The molecule has 0 saturated heterocycles. The zero-order valence-electron chi connectivity index (χ0n) is 14.8. The van der Waals surface area contributed by atoms with Crippen molar-refractivity contribution in [1.82, 2.24) is 4.72 Å². The quantitative estimate of drug-likeness (QED) is 0.604. The van der Waals surface area contributed by atoms with Crippen LogP contribution in [0.25, 0.3) is 0 Å². The Morgan fingerprint density at radius 1 is 1.27 bits per heavy atom. The molecule has 2 N–H and O–H groups in total. The fourth-order valence-corrected chi connectivity index (χ4v) is 3.43. The second kappa shape index (κ2) is 8.64. The van der Waals surface area contributed by atoms with Crippen molar-refractivity contribution in [3.8, 4) is 0 Å². The maximum absolute atomic E-state index is 14.5. The molecule has 1 unspecified atom stereocenters. The van der Waals surface area contributed by atoms with Gasteiger partial charge in [-0.2, -0.15) is 13.2 Å². The van der Waals surface area contributed by atoms with Crippen LogP contribution in [0.5, 0.6) is 0 Å². The van der Waals surface area contributed by atoms with Crippen LogP contribution in [0.15, 0.2) is 22.7 Å². The van der Waals surface area contributed by atoms with Gasteiger partial charge in [-0.1, -0.05) is 15.9 Å². The zero-order chi connectivity index (χ0) is 20.3. The molecule has 0 aromatic heterocycles. The van der Waals surface area contributed by atoms with Gasteiger partial charge in [-0.15, -0.1) is 0 Å². The highest BCUT2D eigenvalue weighted by Crippen LogP contribution is 2.33. The third-order valence-corrected chi connectivity index (χ3v) is 5.82. The number of aliphatic hydroxyl groups excluding tert-OH is 1. The van der Waals surface area contributed by atoms with Gasteiger partial charge >= 0.3 is 6.18 Å². The largest absolute Gasteiger partial charge is 0.411 e. The summed E-state index contributed by atoms with van der Waals surface area (Å²) in [5.74, 6) is -0.733. The maximum atomic E-state index is 14.5. The van der Waals surface area contributed by atoms with Gasteiger partial charge in [0, 0.05) is 10.0 Å². The smallest absolute Gasteiger partial charge is 0.394 e. The predicted molar refractivity (Wildman–Crippen MR) is 95.4 cm³/mol. The number of hydrogen-bond donors (Lipinski definition) is 2.